The van der Waals surface area contributed by atoms with E-state index in [1.807, 2.05) is 60.0 Å². The SMILES string of the molecule is CCc1cccc(NC(=O)Cn2cnc3c(-c4ccccc4)csc3c2=O)c1. The molecule has 0 radical (unpaired) electrons. The van der Waals surface area contributed by atoms with E-state index < -0.39 is 0 Å². The van der Waals surface area contributed by atoms with Crippen molar-refractivity contribution < 1.29 is 4.79 Å². The topological polar surface area (TPSA) is 64.0 Å². The fourth-order valence-electron chi connectivity index (χ4n) is 3.10. The number of aryl methyl sites for hydroxylation is 1. The molecule has 1 amide bonds. The Kier molecular flexibility index (Phi) is 5.04. The van der Waals surface area contributed by atoms with Gasteiger partial charge in [-0.05, 0) is 29.7 Å². The second-order valence-electron chi connectivity index (χ2n) is 6.47. The zero-order valence-electron chi connectivity index (χ0n) is 15.4. The molecule has 0 saturated heterocycles. The molecule has 0 aliphatic heterocycles. The van der Waals surface area contributed by atoms with Gasteiger partial charge in [0.1, 0.15) is 11.2 Å². The van der Waals surface area contributed by atoms with Gasteiger partial charge in [0.25, 0.3) is 5.56 Å². The first kappa shape index (κ1) is 18.1. The highest BCUT2D eigenvalue weighted by Gasteiger charge is 2.14. The average Bonchev–Trinajstić information content (AvgIpc) is 3.16. The van der Waals surface area contributed by atoms with Crippen LogP contribution in [0.5, 0.6) is 0 Å². The van der Waals surface area contributed by atoms with E-state index in [1.54, 1.807) is 0 Å². The first-order chi connectivity index (χ1) is 13.7. The van der Waals surface area contributed by atoms with Crippen molar-refractivity contribution in [2.75, 3.05) is 5.32 Å². The van der Waals surface area contributed by atoms with Gasteiger partial charge in [0, 0.05) is 16.6 Å². The summed E-state index contributed by atoms with van der Waals surface area (Å²) < 4.78 is 1.91. The van der Waals surface area contributed by atoms with Crippen molar-refractivity contribution in [1.29, 1.82) is 0 Å². The third kappa shape index (κ3) is 3.59. The van der Waals surface area contributed by atoms with E-state index in [1.165, 1.54) is 22.2 Å². The lowest BCUT2D eigenvalue weighted by Gasteiger charge is -2.08. The highest BCUT2D eigenvalue weighted by molar-refractivity contribution is 7.17. The van der Waals surface area contributed by atoms with E-state index in [2.05, 4.69) is 17.2 Å². The first-order valence-corrected chi connectivity index (χ1v) is 9.94. The minimum absolute atomic E-state index is 0.0727. The Labute approximate surface area is 166 Å². The molecule has 4 rings (SSSR count). The zero-order chi connectivity index (χ0) is 19.5. The van der Waals surface area contributed by atoms with E-state index in [0.717, 1.165) is 28.8 Å². The number of fused-ring (bicyclic) bond motifs is 1. The van der Waals surface area contributed by atoms with Crippen LogP contribution in [0.4, 0.5) is 5.69 Å². The van der Waals surface area contributed by atoms with Gasteiger partial charge in [0.15, 0.2) is 0 Å². The Hall–Kier alpha value is -3.25. The quantitative estimate of drug-likeness (QED) is 0.553. The molecule has 0 spiro atoms. The van der Waals surface area contributed by atoms with E-state index in [-0.39, 0.29) is 18.0 Å². The fraction of sp³-hybridized carbons (Fsp3) is 0.136. The summed E-state index contributed by atoms with van der Waals surface area (Å²) in [5.74, 6) is -0.253. The number of amides is 1. The van der Waals surface area contributed by atoms with Crippen molar-refractivity contribution in [3.05, 3.63) is 82.2 Å². The zero-order valence-corrected chi connectivity index (χ0v) is 16.2. The second kappa shape index (κ2) is 7.78. The smallest absolute Gasteiger partial charge is 0.271 e. The van der Waals surface area contributed by atoms with Crippen LogP contribution < -0.4 is 10.9 Å². The van der Waals surface area contributed by atoms with Gasteiger partial charge in [0.05, 0.1) is 11.8 Å². The van der Waals surface area contributed by atoms with Crippen LogP contribution in [-0.4, -0.2) is 15.5 Å². The second-order valence-corrected chi connectivity index (χ2v) is 7.35. The molecule has 1 N–H and O–H groups in total. The number of nitrogens with one attached hydrogen (secondary N) is 1. The van der Waals surface area contributed by atoms with Crippen LogP contribution in [0.1, 0.15) is 12.5 Å². The molecular weight excluding hydrogens is 370 g/mol. The molecule has 140 valence electrons. The molecule has 6 heteroatoms. The number of carbonyl (C=O) groups excluding carboxylic acids is 1. The summed E-state index contributed by atoms with van der Waals surface area (Å²) in [6.45, 7) is 1.99. The highest BCUT2D eigenvalue weighted by Crippen LogP contribution is 2.30. The predicted molar refractivity (Wildman–Crippen MR) is 114 cm³/mol. The number of hydrogen-bond donors (Lipinski definition) is 1. The van der Waals surface area contributed by atoms with E-state index >= 15 is 0 Å². The standard InChI is InChI=1S/C22H19N3O2S/c1-2-15-7-6-10-17(11-15)24-19(26)12-25-14-23-20-18(13-28-21(20)22(25)27)16-8-4-3-5-9-16/h3-11,13-14H,2,12H2,1H3,(H,24,26). The minimum Gasteiger partial charge on any atom is -0.325 e. The van der Waals surface area contributed by atoms with Crippen molar-refractivity contribution in [3.8, 4) is 11.1 Å². The molecule has 0 saturated carbocycles. The van der Waals surface area contributed by atoms with Crippen molar-refractivity contribution in [2.24, 2.45) is 0 Å². The van der Waals surface area contributed by atoms with E-state index in [9.17, 15) is 9.59 Å². The summed E-state index contributed by atoms with van der Waals surface area (Å²) in [7, 11) is 0. The molecule has 0 atom stereocenters. The Bertz CT molecular complexity index is 1200. The molecule has 0 aliphatic rings. The van der Waals surface area contributed by atoms with Gasteiger partial charge in [0.2, 0.25) is 5.91 Å². The van der Waals surface area contributed by atoms with Crippen LogP contribution in [0.3, 0.4) is 0 Å². The van der Waals surface area contributed by atoms with Crippen LogP contribution in [0.25, 0.3) is 21.3 Å². The Balaban J connectivity index is 1.59. The van der Waals surface area contributed by atoms with Crippen LogP contribution in [0, 0.1) is 0 Å². The lowest BCUT2D eigenvalue weighted by atomic mass is 10.1. The molecule has 4 aromatic rings. The Morgan fingerprint density at radius 2 is 1.96 bits per heavy atom. The van der Waals surface area contributed by atoms with Crippen molar-refractivity contribution in [3.63, 3.8) is 0 Å². The van der Waals surface area contributed by atoms with Gasteiger partial charge in [-0.3, -0.25) is 14.2 Å². The summed E-state index contributed by atoms with van der Waals surface area (Å²) in [6, 6.07) is 17.5. The van der Waals surface area contributed by atoms with Gasteiger partial charge in [-0.1, -0.05) is 49.4 Å². The largest absolute Gasteiger partial charge is 0.325 e. The van der Waals surface area contributed by atoms with Crippen LogP contribution in [0.15, 0.2) is 71.1 Å². The molecule has 0 aliphatic carbocycles. The van der Waals surface area contributed by atoms with Gasteiger partial charge in [-0.25, -0.2) is 4.98 Å². The predicted octanol–water partition coefficient (Wildman–Crippen LogP) is 4.33. The number of hydrogen-bond acceptors (Lipinski definition) is 4. The van der Waals surface area contributed by atoms with E-state index in [0.29, 0.717) is 10.2 Å². The minimum atomic E-state index is -0.253. The Morgan fingerprint density at radius 1 is 1.14 bits per heavy atom. The van der Waals surface area contributed by atoms with Crippen molar-refractivity contribution >= 4 is 33.1 Å². The normalized spacial score (nSPS) is 10.9. The third-order valence-corrected chi connectivity index (χ3v) is 5.52. The maximum absolute atomic E-state index is 12.8. The molecule has 5 nitrogen and oxygen atoms in total. The number of nitrogens with zero attached hydrogens (tertiary/aromatic N) is 2. The maximum atomic E-state index is 12.8. The summed E-state index contributed by atoms with van der Waals surface area (Å²) in [5.41, 5.74) is 4.31. The molecule has 28 heavy (non-hydrogen) atoms. The Morgan fingerprint density at radius 3 is 2.75 bits per heavy atom. The summed E-state index contributed by atoms with van der Waals surface area (Å²) >= 11 is 1.36. The van der Waals surface area contributed by atoms with Gasteiger partial charge in [-0.2, -0.15) is 0 Å². The van der Waals surface area contributed by atoms with Crippen LogP contribution in [0.2, 0.25) is 0 Å². The van der Waals surface area contributed by atoms with Gasteiger partial charge in [-0.15, -0.1) is 11.3 Å². The fourth-order valence-corrected chi connectivity index (χ4v) is 4.08. The van der Waals surface area contributed by atoms with Crippen molar-refractivity contribution in [2.45, 2.75) is 19.9 Å². The summed E-state index contributed by atoms with van der Waals surface area (Å²) in [4.78, 5) is 29.7. The van der Waals surface area contributed by atoms with Gasteiger partial charge >= 0.3 is 0 Å². The molecule has 0 fully saturated rings. The number of thiophene rings is 1. The van der Waals surface area contributed by atoms with Crippen LogP contribution >= 0.6 is 11.3 Å². The number of anilines is 1. The number of carbonyl (C=O) groups is 1. The number of aromatic nitrogens is 2. The maximum Gasteiger partial charge on any atom is 0.271 e. The average molecular weight is 389 g/mol. The molecule has 0 bridgehead atoms. The lowest BCUT2D eigenvalue weighted by Crippen LogP contribution is -2.27. The van der Waals surface area contributed by atoms with Crippen molar-refractivity contribution in [1.82, 2.24) is 9.55 Å². The van der Waals surface area contributed by atoms with E-state index in [4.69, 9.17) is 0 Å². The molecule has 0 unspecified atom stereocenters. The number of rotatable bonds is 5. The van der Waals surface area contributed by atoms with Gasteiger partial charge < -0.3 is 5.32 Å². The lowest BCUT2D eigenvalue weighted by molar-refractivity contribution is -0.116. The summed E-state index contributed by atoms with van der Waals surface area (Å²) in [5, 5.41) is 4.79. The third-order valence-electron chi connectivity index (χ3n) is 4.56. The molecule has 2 aromatic carbocycles. The number of benzene rings is 2. The summed E-state index contributed by atoms with van der Waals surface area (Å²) in [6.07, 6.45) is 2.34. The highest BCUT2D eigenvalue weighted by atomic mass is 32.1. The molecule has 2 aromatic heterocycles. The monoisotopic (exact) mass is 389 g/mol. The first-order valence-electron chi connectivity index (χ1n) is 9.06. The van der Waals surface area contributed by atoms with Crippen LogP contribution in [-0.2, 0) is 17.8 Å². The molecular formula is C22H19N3O2S. The molecule has 2 heterocycles.